The number of rotatable bonds is 5. The largest absolute Gasteiger partial charge is 0.381 e. The number of methoxy groups -OCH3 is 1. The summed E-state index contributed by atoms with van der Waals surface area (Å²) in [5, 5.41) is 6.50. The maximum atomic E-state index is 12.1. The minimum atomic E-state index is -0.135. The molecule has 0 radical (unpaired) electrons. The van der Waals surface area contributed by atoms with Gasteiger partial charge in [-0.15, -0.1) is 0 Å². The van der Waals surface area contributed by atoms with Crippen LogP contribution < -0.4 is 10.6 Å². The number of carbonyl (C=O) groups is 1. The van der Waals surface area contributed by atoms with E-state index in [1.807, 2.05) is 6.92 Å². The zero-order chi connectivity index (χ0) is 14.5. The first-order chi connectivity index (χ1) is 9.63. The van der Waals surface area contributed by atoms with Crippen LogP contribution in [-0.4, -0.2) is 36.7 Å². The molecule has 0 aromatic carbocycles. The molecule has 2 N–H and O–H groups in total. The summed E-state index contributed by atoms with van der Waals surface area (Å²) in [4.78, 5) is 16.3. The van der Waals surface area contributed by atoms with E-state index in [4.69, 9.17) is 16.3 Å². The quantitative estimate of drug-likeness (QED) is 0.876. The summed E-state index contributed by atoms with van der Waals surface area (Å²) in [5.74, 6) is 0.468. The molecule has 2 atom stereocenters. The van der Waals surface area contributed by atoms with Crippen molar-refractivity contribution in [1.82, 2.24) is 10.3 Å². The van der Waals surface area contributed by atoms with Crippen molar-refractivity contribution in [2.45, 2.75) is 38.3 Å². The van der Waals surface area contributed by atoms with E-state index in [9.17, 15) is 4.79 Å². The molecule has 1 heterocycles. The number of amides is 1. The fourth-order valence-electron chi connectivity index (χ4n) is 2.41. The second-order valence-electron chi connectivity index (χ2n) is 4.93. The minimum Gasteiger partial charge on any atom is -0.381 e. The van der Waals surface area contributed by atoms with Crippen LogP contribution in [0.25, 0.3) is 0 Å². The van der Waals surface area contributed by atoms with Crippen molar-refractivity contribution in [3.8, 4) is 0 Å². The van der Waals surface area contributed by atoms with Gasteiger partial charge in [-0.25, -0.2) is 4.98 Å². The van der Waals surface area contributed by atoms with Crippen molar-refractivity contribution < 1.29 is 9.53 Å². The van der Waals surface area contributed by atoms with Gasteiger partial charge in [0.25, 0.3) is 5.91 Å². The van der Waals surface area contributed by atoms with Crippen molar-refractivity contribution in [3.05, 3.63) is 22.8 Å². The molecule has 2 unspecified atom stereocenters. The minimum absolute atomic E-state index is 0.135. The van der Waals surface area contributed by atoms with Crippen LogP contribution in [0.5, 0.6) is 0 Å². The maximum absolute atomic E-state index is 12.1. The molecule has 1 fully saturated rings. The average Bonchev–Trinajstić information content (AvgIpc) is 2.89. The fourth-order valence-corrected chi connectivity index (χ4v) is 2.65. The van der Waals surface area contributed by atoms with Gasteiger partial charge < -0.3 is 15.4 Å². The zero-order valence-corrected chi connectivity index (χ0v) is 12.5. The molecule has 2 rings (SSSR count). The lowest BCUT2D eigenvalue weighted by Crippen LogP contribution is -2.33. The molecule has 1 aliphatic rings. The van der Waals surface area contributed by atoms with Crippen molar-refractivity contribution in [2.75, 3.05) is 19.0 Å². The van der Waals surface area contributed by atoms with E-state index in [2.05, 4.69) is 15.6 Å². The van der Waals surface area contributed by atoms with E-state index >= 15 is 0 Å². The second kappa shape index (κ2) is 6.90. The molecule has 1 aromatic heterocycles. The average molecular weight is 298 g/mol. The van der Waals surface area contributed by atoms with Gasteiger partial charge in [0.2, 0.25) is 0 Å². The van der Waals surface area contributed by atoms with E-state index in [1.54, 1.807) is 19.4 Å². The van der Waals surface area contributed by atoms with Gasteiger partial charge in [-0.1, -0.05) is 11.6 Å². The zero-order valence-electron chi connectivity index (χ0n) is 11.8. The van der Waals surface area contributed by atoms with Crippen molar-refractivity contribution in [2.24, 2.45) is 0 Å². The number of anilines is 1. The predicted octanol–water partition coefficient (Wildman–Crippen LogP) is 2.46. The number of nitrogens with one attached hydrogen (secondary N) is 2. The monoisotopic (exact) mass is 297 g/mol. The molecule has 0 saturated heterocycles. The molecule has 1 aromatic rings. The number of nitrogens with zero attached hydrogens (tertiary/aromatic N) is 1. The highest BCUT2D eigenvalue weighted by Gasteiger charge is 2.26. The number of halogens is 1. The van der Waals surface area contributed by atoms with Crippen molar-refractivity contribution in [3.63, 3.8) is 0 Å². The highest BCUT2D eigenvalue weighted by atomic mass is 35.5. The molecule has 6 heteroatoms. The molecular formula is C14H20ClN3O2. The molecule has 1 amide bonds. The Morgan fingerprint density at radius 2 is 2.35 bits per heavy atom. The van der Waals surface area contributed by atoms with Crippen LogP contribution in [0.2, 0.25) is 5.02 Å². The summed E-state index contributed by atoms with van der Waals surface area (Å²) in [7, 11) is 1.71. The van der Waals surface area contributed by atoms with E-state index in [1.165, 1.54) is 0 Å². The molecule has 0 spiro atoms. The van der Waals surface area contributed by atoms with Gasteiger partial charge in [-0.3, -0.25) is 4.79 Å². The predicted molar refractivity (Wildman–Crippen MR) is 79.3 cm³/mol. The Morgan fingerprint density at radius 1 is 1.55 bits per heavy atom. The number of pyridine rings is 1. The highest BCUT2D eigenvalue weighted by Crippen LogP contribution is 2.23. The Bertz CT molecular complexity index is 481. The lowest BCUT2D eigenvalue weighted by atomic mass is 10.2. The van der Waals surface area contributed by atoms with Gasteiger partial charge in [0, 0.05) is 25.9 Å². The summed E-state index contributed by atoms with van der Waals surface area (Å²) in [6.45, 7) is 2.70. The number of hydrogen-bond acceptors (Lipinski definition) is 4. The van der Waals surface area contributed by atoms with Crippen LogP contribution in [0.15, 0.2) is 12.3 Å². The third kappa shape index (κ3) is 3.61. The van der Waals surface area contributed by atoms with E-state index in [0.717, 1.165) is 25.8 Å². The number of hydrogen-bond donors (Lipinski definition) is 2. The fraction of sp³-hybridized carbons (Fsp3) is 0.571. The summed E-state index contributed by atoms with van der Waals surface area (Å²) in [6, 6.07) is 1.81. The van der Waals surface area contributed by atoms with Crippen LogP contribution in [-0.2, 0) is 4.74 Å². The van der Waals surface area contributed by atoms with Gasteiger partial charge >= 0.3 is 0 Å². The first-order valence-electron chi connectivity index (χ1n) is 6.87. The molecular weight excluding hydrogens is 278 g/mol. The summed E-state index contributed by atoms with van der Waals surface area (Å²) in [6.07, 6.45) is 4.58. The molecule has 5 nitrogen and oxygen atoms in total. The molecule has 1 aliphatic carbocycles. The standard InChI is InChI=1S/C14H20ClN3O2/c1-3-16-13-12(15)6-9(8-17-13)14(19)18-10-4-5-11(7-10)20-2/h6,8,10-11H,3-5,7H2,1-2H3,(H,16,17)(H,18,19). The maximum Gasteiger partial charge on any atom is 0.253 e. The Balaban J connectivity index is 1.97. The summed E-state index contributed by atoms with van der Waals surface area (Å²) < 4.78 is 5.30. The third-order valence-corrected chi connectivity index (χ3v) is 3.79. The lowest BCUT2D eigenvalue weighted by Gasteiger charge is -2.13. The number of carbonyl (C=O) groups excluding carboxylic acids is 1. The molecule has 1 saturated carbocycles. The van der Waals surface area contributed by atoms with Crippen LogP contribution in [0, 0.1) is 0 Å². The Morgan fingerprint density at radius 3 is 2.95 bits per heavy atom. The second-order valence-corrected chi connectivity index (χ2v) is 5.33. The Kier molecular flexibility index (Phi) is 5.20. The van der Waals surface area contributed by atoms with Gasteiger partial charge in [-0.2, -0.15) is 0 Å². The van der Waals surface area contributed by atoms with Crippen molar-refractivity contribution >= 4 is 23.3 Å². The van der Waals surface area contributed by atoms with E-state index < -0.39 is 0 Å². The number of aromatic nitrogens is 1. The molecule has 110 valence electrons. The topological polar surface area (TPSA) is 63.2 Å². The van der Waals surface area contributed by atoms with Crippen LogP contribution in [0.1, 0.15) is 36.5 Å². The lowest BCUT2D eigenvalue weighted by molar-refractivity contribution is 0.0914. The van der Waals surface area contributed by atoms with Gasteiger partial charge in [0.15, 0.2) is 0 Å². The normalized spacial score (nSPS) is 21.8. The summed E-state index contributed by atoms with van der Waals surface area (Å²) >= 11 is 6.09. The summed E-state index contributed by atoms with van der Waals surface area (Å²) in [5.41, 5.74) is 0.484. The van der Waals surface area contributed by atoms with Crippen LogP contribution in [0.3, 0.4) is 0 Å². The van der Waals surface area contributed by atoms with Crippen LogP contribution in [0.4, 0.5) is 5.82 Å². The Labute approximate surface area is 124 Å². The van der Waals surface area contributed by atoms with Gasteiger partial charge in [-0.05, 0) is 32.3 Å². The van der Waals surface area contributed by atoms with Gasteiger partial charge in [0.1, 0.15) is 5.82 Å². The first-order valence-corrected chi connectivity index (χ1v) is 7.25. The smallest absolute Gasteiger partial charge is 0.253 e. The molecule has 0 bridgehead atoms. The SMILES string of the molecule is CCNc1ncc(C(=O)NC2CCC(OC)C2)cc1Cl. The Hall–Kier alpha value is -1.33. The molecule has 20 heavy (non-hydrogen) atoms. The third-order valence-electron chi connectivity index (χ3n) is 3.50. The molecule has 0 aliphatic heterocycles. The van der Waals surface area contributed by atoms with Gasteiger partial charge in [0.05, 0.1) is 16.7 Å². The van der Waals surface area contributed by atoms with Crippen LogP contribution >= 0.6 is 11.6 Å². The first kappa shape index (κ1) is 15.1. The van der Waals surface area contributed by atoms with E-state index in [-0.39, 0.29) is 18.1 Å². The van der Waals surface area contributed by atoms with E-state index in [0.29, 0.717) is 16.4 Å². The highest BCUT2D eigenvalue weighted by molar-refractivity contribution is 6.33. The number of ether oxygens (including phenoxy) is 1. The van der Waals surface area contributed by atoms with Crippen molar-refractivity contribution in [1.29, 1.82) is 0 Å².